The van der Waals surface area contributed by atoms with Crippen molar-refractivity contribution >= 4 is 50.7 Å². The van der Waals surface area contributed by atoms with E-state index in [9.17, 15) is 18.0 Å². The number of hydrogen-bond acceptors (Lipinski definition) is 7. The Morgan fingerprint density at radius 3 is 2.59 bits per heavy atom. The van der Waals surface area contributed by atoms with E-state index in [1.54, 1.807) is 17.6 Å². The number of nitrogens with zero attached hydrogens (tertiary/aromatic N) is 2. The third-order valence-electron chi connectivity index (χ3n) is 3.98. The standard InChI is InChI=1S/C18H15N3O2S2.C2HF3O2/c1-10-17(25-18(19-10)20-11(2)22)14-9-24-16(21-14)8-12-3-4-15-13(7-12)5-6-23-15;3-2(4,5)1(6)7/h3-7,9H,8H2,1-2H3,(H,19,20,22);(H,6,7). The van der Waals surface area contributed by atoms with Crippen LogP contribution in [0.5, 0.6) is 0 Å². The second-order valence-electron chi connectivity index (χ2n) is 6.51. The number of benzene rings is 1. The van der Waals surface area contributed by atoms with Crippen LogP contribution in [0.3, 0.4) is 0 Å². The van der Waals surface area contributed by atoms with Gasteiger partial charge in [-0.1, -0.05) is 17.4 Å². The number of hydrogen-bond donors (Lipinski definition) is 2. The van der Waals surface area contributed by atoms with Crippen LogP contribution in [0, 0.1) is 6.92 Å². The molecule has 0 aliphatic rings. The predicted molar refractivity (Wildman–Crippen MR) is 115 cm³/mol. The molecule has 0 bridgehead atoms. The lowest BCUT2D eigenvalue weighted by molar-refractivity contribution is -0.192. The summed E-state index contributed by atoms with van der Waals surface area (Å²) in [4.78, 5) is 30.2. The number of halogens is 3. The molecule has 12 heteroatoms. The van der Waals surface area contributed by atoms with Gasteiger partial charge in [-0.25, -0.2) is 14.8 Å². The van der Waals surface area contributed by atoms with E-state index in [2.05, 4.69) is 22.4 Å². The zero-order valence-corrected chi connectivity index (χ0v) is 18.3. The molecule has 7 nitrogen and oxygen atoms in total. The summed E-state index contributed by atoms with van der Waals surface area (Å²) >= 11 is 3.09. The average molecular weight is 483 g/mol. The Morgan fingerprint density at radius 1 is 1.22 bits per heavy atom. The molecule has 1 aromatic carbocycles. The number of aryl methyl sites for hydroxylation is 1. The van der Waals surface area contributed by atoms with E-state index in [4.69, 9.17) is 19.3 Å². The first-order valence-corrected chi connectivity index (χ1v) is 10.7. The van der Waals surface area contributed by atoms with Crippen molar-refractivity contribution in [2.45, 2.75) is 26.4 Å². The smallest absolute Gasteiger partial charge is 0.475 e. The van der Waals surface area contributed by atoms with E-state index < -0.39 is 12.1 Å². The normalized spacial score (nSPS) is 11.2. The molecule has 0 aliphatic carbocycles. The van der Waals surface area contributed by atoms with Gasteiger partial charge >= 0.3 is 12.1 Å². The molecule has 0 saturated carbocycles. The molecule has 168 valence electrons. The van der Waals surface area contributed by atoms with Gasteiger partial charge in [0.25, 0.3) is 0 Å². The molecule has 3 aromatic heterocycles. The lowest BCUT2D eigenvalue weighted by Crippen LogP contribution is -2.21. The van der Waals surface area contributed by atoms with E-state index in [0.717, 1.165) is 38.7 Å². The van der Waals surface area contributed by atoms with Gasteiger partial charge in [0.05, 0.1) is 27.5 Å². The first-order valence-electron chi connectivity index (χ1n) is 8.99. The fourth-order valence-corrected chi connectivity index (χ4v) is 4.50. The minimum Gasteiger partial charge on any atom is -0.475 e. The monoisotopic (exact) mass is 483 g/mol. The maximum absolute atomic E-state index is 11.2. The highest BCUT2D eigenvalue weighted by Gasteiger charge is 2.38. The number of anilines is 1. The molecule has 0 unspecified atom stereocenters. The first-order chi connectivity index (χ1) is 15.0. The minimum atomic E-state index is -5.08. The molecule has 0 aliphatic heterocycles. The van der Waals surface area contributed by atoms with Crippen LogP contribution in [0.2, 0.25) is 0 Å². The van der Waals surface area contributed by atoms with E-state index in [0.29, 0.717) is 5.13 Å². The highest BCUT2D eigenvalue weighted by molar-refractivity contribution is 7.19. The largest absolute Gasteiger partial charge is 0.490 e. The minimum absolute atomic E-state index is 0.117. The summed E-state index contributed by atoms with van der Waals surface area (Å²) < 4.78 is 37.1. The Kier molecular flexibility index (Phi) is 6.94. The van der Waals surface area contributed by atoms with Crippen LogP contribution in [-0.4, -0.2) is 33.1 Å². The van der Waals surface area contributed by atoms with Gasteiger partial charge in [0.15, 0.2) is 5.13 Å². The number of nitrogens with one attached hydrogen (secondary N) is 1. The summed E-state index contributed by atoms with van der Waals surface area (Å²) in [6.45, 7) is 3.41. The van der Waals surface area contributed by atoms with Crippen LogP contribution in [-0.2, 0) is 16.0 Å². The third-order valence-corrected chi connectivity index (χ3v) is 5.92. The van der Waals surface area contributed by atoms with Gasteiger partial charge in [0.1, 0.15) is 5.58 Å². The van der Waals surface area contributed by atoms with Crippen molar-refractivity contribution < 1.29 is 32.3 Å². The second kappa shape index (κ2) is 9.49. The fourth-order valence-electron chi connectivity index (χ4n) is 2.64. The van der Waals surface area contributed by atoms with Crippen LogP contribution >= 0.6 is 22.7 Å². The van der Waals surface area contributed by atoms with Crippen molar-refractivity contribution in [1.29, 1.82) is 0 Å². The average Bonchev–Trinajstić information content (AvgIpc) is 3.40. The molecule has 32 heavy (non-hydrogen) atoms. The number of rotatable bonds is 4. The fraction of sp³-hybridized carbons (Fsp3) is 0.200. The third kappa shape index (κ3) is 5.92. The SMILES string of the molecule is CC(=O)Nc1nc(C)c(-c2csc(Cc3ccc4occc4c3)n2)s1.O=C(O)C(F)(F)F. The first kappa shape index (κ1) is 23.4. The van der Waals surface area contributed by atoms with Gasteiger partial charge < -0.3 is 14.8 Å². The van der Waals surface area contributed by atoms with Gasteiger partial charge in [-0.05, 0) is 30.7 Å². The number of aromatic nitrogens is 2. The molecule has 2 N–H and O–H groups in total. The summed E-state index contributed by atoms with van der Waals surface area (Å²) in [5.74, 6) is -2.87. The lowest BCUT2D eigenvalue weighted by atomic mass is 10.1. The molecule has 3 heterocycles. The highest BCUT2D eigenvalue weighted by Crippen LogP contribution is 2.34. The highest BCUT2D eigenvalue weighted by atomic mass is 32.1. The van der Waals surface area contributed by atoms with Gasteiger partial charge in [-0.15, -0.1) is 11.3 Å². The Morgan fingerprint density at radius 2 is 1.94 bits per heavy atom. The number of fused-ring (bicyclic) bond motifs is 1. The van der Waals surface area contributed by atoms with Crippen LogP contribution in [0.25, 0.3) is 21.5 Å². The zero-order valence-electron chi connectivity index (χ0n) is 16.7. The number of furan rings is 1. The molecule has 0 spiro atoms. The van der Waals surface area contributed by atoms with Crippen LogP contribution in [0.15, 0.2) is 40.3 Å². The van der Waals surface area contributed by atoms with Crippen LogP contribution in [0.4, 0.5) is 18.3 Å². The summed E-state index contributed by atoms with van der Waals surface area (Å²) in [7, 11) is 0. The van der Waals surface area contributed by atoms with E-state index in [1.807, 2.05) is 24.4 Å². The molecule has 4 aromatic rings. The van der Waals surface area contributed by atoms with E-state index in [1.165, 1.54) is 23.8 Å². The lowest BCUT2D eigenvalue weighted by Gasteiger charge is -1.98. The number of carboxylic acid groups (broad SMARTS) is 1. The van der Waals surface area contributed by atoms with Crippen molar-refractivity contribution in [3.8, 4) is 10.6 Å². The Bertz CT molecular complexity index is 1260. The van der Waals surface area contributed by atoms with Crippen molar-refractivity contribution in [2.24, 2.45) is 0 Å². The Balaban J connectivity index is 0.000000360. The summed E-state index contributed by atoms with van der Waals surface area (Å²) in [5.41, 5.74) is 3.89. The van der Waals surface area contributed by atoms with Crippen LogP contribution < -0.4 is 5.32 Å². The van der Waals surface area contributed by atoms with Gasteiger partial charge in [0, 0.05) is 24.1 Å². The maximum atomic E-state index is 11.2. The number of amides is 1. The summed E-state index contributed by atoms with van der Waals surface area (Å²) in [6.07, 6.45) is -2.60. The zero-order chi connectivity index (χ0) is 23.5. The van der Waals surface area contributed by atoms with E-state index >= 15 is 0 Å². The predicted octanol–water partition coefficient (Wildman–Crippen LogP) is 5.50. The maximum Gasteiger partial charge on any atom is 0.490 e. The molecule has 0 fully saturated rings. The van der Waals surface area contributed by atoms with Crippen molar-refractivity contribution in [2.75, 3.05) is 5.32 Å². The molecular formula is C20H16F3N3O4S2. The summed E-state index contributed by atoms with van der Waals surface area (Å²) in [5, 5.41) is 14.7. The quantitative estimate of drug-likeness (QED) is 0.397. The molecule has 4 rings (SSSR count). The number of thiazole rings is 2. The molecule has 1 amide bonds. The van der Waals surface area contributed by atoms with E-state index in [-0.39, 0.29) is 5.91 Å². The van der Waals surface area contributed by atoms with Crippen molar-refractivity contribution in [1.82, 2.24) is 9.97 Å². The number of aliphatic carboxylic acids is 1. The molecule has 0 atom stereocenters. The second-order valence-corrected chi connectivity index (χ2v) is 8.46. The number of carbonyl (C=O) groups excluding carboxylic acids is 1. The Labute approximate surface area is 187 Å². The van der Waals surface area contributed by atoms with Gasteiger partial charge in [0.2, 0.25) is 5.91 Å². The number of carbonyl (C=O) groups is 2. The Hall–Kier alpha value is -3.25. The van der Waals surface area contributed by atoms with Gasteiger partial charge in [-0.3, -0.25) is 4.79 Å². The number of carboxylic acids is 1. The van der Waals surface area contributed by atoms with Crippen molar-refractivity contribution in [3.05, 3.63) is 52.2 Å². The van der Waals surface area contributed by atoms with Gasteiger partial charge in [-0.2, -0.15) is 13.2 Å². The molecule has 0 radical (unpaired) electrons. The van der Waals surface area contributed by atoms with Crippen LogP contribution in [0.1, 0.15) is 23.2 Å². The molecular weight excluding hydrogens is 467 g/mol. The van der Waals surface area contributed by atoms with Crippen molar-refractivity contribution in [3.63, 3.8) is 0 Å². The summed E-state index contributed by atoms with van der Waals surface area (Å²) in [6, 6.07) is 8.16. The molecule has 0 saturated heterocycles. The number of alkyl halides is 3. The topological polar surface area (TPSA) is 105 Å².